The molecule has 0 heterocycles. The summed E-state index contributed by atoms with van der Waals surface area (Å²) in [5.41, 5.74) is 1.94. The number of amides is 1. The molecule has 0 aliphatic heterocycles. The Bertz CT molecular complexity index is 970. The zero-order valence-corrected chi connectivity index (χ0v) is 19.0. The maximum Gasteiger partial charge on any atom is 0.631 e. The smallest absolute Gasteiger partial charge is 0.475 e. The first-order chi connectivity index (χ1) is 16.1. The Morgan fingerprint density at radius 3 is 1.91 bits per heavy atom. The van der Waals surface area contributed by atoms with Crippen LogP contribution >= 0.6 is 0 Å². The number of rotatable bonds is 6. The number of carbonyl (C=O) groups is 2. The average molecular weight is 503 g/mol. The van der Waals surface area contributed by atoms with Crippen LogP contribution in [0.25, 0.3) is 0 Å². The van der Waals surface area contributed by atoms with E-state index in [9.17, 15) is 22.4 Å². The van der Waals surface area contributed by atoms with Crippen LogP contribution in [0.15, 0.2) is 48.5 Å². The molecule has 0 fully saturated rings. The third-order valence-electron chi connectivity index (χ3n) is 4.23. The van der Waals surface area contributed by atoms with Gasteiger partial charge >= 0.3 is 19.5 Å². The molecule has 0 aliphatic rings. The fraction of sp³-hybridized carbons (Fsp3) is 0.286. The molecule has 192 valence electrons. The van der Waals surface area contributed by atoms with Crippen molar-refractivity contribution in [1.29, 1.82) is 5.41 Å². The molecule has 0 aromatic heterocycles. The number of hydrogen-bond donors (Lipinski definition) is 6. The van der Waals surface area contributed by atoms with E-state index in [4.69, 9.17) is 30.4 Å². The molecule has 0 bridgehead atoms. The zero-order chi connectivity index (χ0) is 27.3. The van der Waals surface area contributed by atoms with Crippen LogP contribution in [-0.2, 0) is 4.79 Å². The quantitative estimate of drug-likeness (QED) is 0.201. The van der Waals surface area contributed by atoms with Crippen molar-refractivity contribution in [3.8, 4) is 0 Å². The maximum absolute atomic E-state index is 13.6. The van der Waals surface area contributed by atoms with E-state index in [1.807, 2.05) is 14.1 Å². The van der Waals surface area contributed by atoms with Crippen molar-refractivity contribution >= 4 is 30.6 Å². The second-order valence-corrected chi connectivity index (χ2v) is 7.16. The van der Waals surface area contributed by atoms with E-state index in [0.717, 1.165) is 5.56 Å². The molecule has 14 heteroatoms. The highest BCUT2D eigenvalue weighted by Gasteiger charge is 2.38. The maximum atomic E-state index is 13.6. The van der Waals surface area contributed by atoms with Gasteiger partial charge in [0.2, 0.25) is 0 Å². The van der Waals surface area contributed by atoms with Gasteiger partial charge in [-0.25, -0.2) is 9.18 Å². The summed E-state index contributed by atoms with van der Waals surface area (Å²) < 4.78 is 45.3. The van der Waals surface area contributed by atoms with Gasteiger partial charge in [-0.3, -0.25) is 4.79 Å². The Labute approximate surface area is 199 Å². The molecule has 1 unspecified atom stereocenters. The van der Waals surface area contributed by atoms with Gasteiger partial charge in [0, 0.05) is 23.9 Å². The number of halogens is 4. The third-order valence-corrected chi connectivity index (χ3v) is 4.23. The molecule has 6 N–H and O–H groups in total. The molecular formula is C21H26BF4N3O6. The Morgan fingerprint density at radius 1 is 1.06 bits per heavy atom. The van der Waals surface area contributed by atoms with Crippen molar-refractivity contribution in [2.24, 2.45) is 0 Å². The highest BCUT2D eigenvalue weighted by molar-refractivity contribution is 6.30. The summed E-state index contributed by atoms with van der Waals surface area (Å²) in [7, 11) is 1.80. The minimum atomic E-state index is -5.08. The van der Waals surface area contributed by atoms with Crippen LogP contribution in [0.4, 0.5) is 23.2 Å². The van der Waals surface area contributed by atoms with Gasteiger partial charge in [-0.1, -0.05) is 24.3 Å². The van der Waals surface area contributed by atoms with E-state index < -0.39 is 31.2 Å². The molecule has 0 radical (unpaired) electrons. The fourth-order valence-corrected chi connectivity index (χ4v) is 2.19. The number of carboxylic acid groups (broad SMARTS) is 1. The Balaban J connectivity index is 0.000000878. The first kappa shape index (κ1) is 31.7. The Kier molecular flexibility index (Phi) is 13.4. The van der Waals surface area contributed by atoms with Crippen LogP contribution in [0.1, 0.15) is 29.3 Å². The van der Waals surface area contributed by atoms with Crippen molar-refractivity contribution in [3.05, 3.63) is 65.5 Å². The number of anilines is 1. The minimum absolute atomic E-state index is 0.00845. The van der Waals surface area contributed by atoms with Crippen molar-refractivity contribution < 1.29 is 47.3 Å². The molecule has 1 amide bonds. The molecule has 1 atom stereocenters. The van der Waals surface area contributed by atoms with Crippen molar-refractivity contribution in [1.82, 2.24) is 4.90 Å². The summed E-state index contributed by atoms with van der Waals surface area (Å²) in [6.07, 6.45) is -4.44. The van der Waals surface area contributed by atoms with Gasteiger partial charge in [-0.05, 0) is 50.8 Å². The molecule has 2 aromatic rings. The summed E-state index contributed by atoms with van der Waals surface area (Å²) in [5.74, 6) is -3.80. The largest absolute Gasteiger partial charge is 0.631 e. The highest BCUT2D eigenvalue weighted by atomic mass is 19.4. The van der Waals surface area contributed by atoms with Crippen molar-refractivity contribution in [2.45, 2.75) is 25.6 Å². The van der Waals surface area contributed by atoms with E-state index >= 15 is 0 Å². The average Bonchev–Trinajstić information content (AvgIpc) is 2.73. The molecule has 0 aliphatic carbocycles. The fourth-order valence-electron chi connectivity index (χ4n) is 2.19. The third kappa shape index (κ3) is 13.2. The van der Waals surface area contributed by atoms with Crippen molar-refractivity contribution in [2.75, 3.05) is 19.4 Å². The first-order valence-electron chi connectivity index (χ1n) is 9.80. The zero-order valence-electron chi connectivity index (χ0n) is 19.0. The van der Waals surface area contributed by atoms with Gasteiger partial charge in [0.1, 0.15) is 5.82 Å². The van der Waals surface area contributed by atoms with Gasteiger partial charge < -0.3 is 35.8 Å². The van der Waals surface area contributed by atoms with Crippen LogP contribution in [0, 0.1) is 11.2 Å². The SMILES string of the molecule is CC(CC(=N)c1ccc(NC(=O)c2ccccc2F)cc1)N(C)C.O=C(O)C(F)(F)F.OB(O)O. The van der Waals surface area contributed by atoms with E-state index in [0.29, 0.717) is 17.8 Å². The van der Waals surface area contributed by atoms with Gasteiger partial charge in [-0.2, -0.15) is 13.2 Å². The standard InChI is InChI=1S/C19H22FN3O.C2HF3O2.BH3O3/c1-13(23(2)3)12-18(21)14-8-10-15(11-9-14)22-19(24)16-6-4-5-7-17(16)20;3-2(4,5)1(6)7;2-1(3)4/h4-11,13,21H,12H2,1-3H3,(H,22,24);(H,6,7);2-4H. The Morgan fingerprint density at radius 2 is 1.51 bits per heavy atom. The summed E-state index contributed by atoms with van der Waals surface area (Å²) in [5, 5.41) is 39.5. The van der Waals surface area contributed by atoms with Gasteiger partial charge in [0.25, 0.3) is 5.91 Å². The van der Waals surface area contributed by atoms with Crippen molar-refractivity contribution in [3.63, 3.8) is 0 Å². The predicted molar refractivity (Wildman–Crippen MR) is 121 cm³/mol. The van der Waals surface area contributed by atoms with Crippen LogP contribution in [0.2, 0.25) is 0 Å². The predicted octanol–water partition coefficient (Wildman–Crippen LogP) is 2.37. The van der Waals surface area contributed by atoms with Crippen LogP contribution in [-0.4, -0.2) is 76.3 Å². The normalized spacial score (nSPS) is 11.3. The number of aliphatic carboxylic acids is 1. The Hall–Kier alpha value is -3.33. The lowest BCUT2D eigenvalue weighted by molar-refractivity contribution is -0.192. The second kappa shape index (κ2) is 14.8. The summed E-state index contributed by atoms with van der Waals surface area (Å²) in [6.45, 7) is 2.07. The van der Waals surface area contributed by atoms with E-state index in [2.05, 4.69) is 17.1 Å². The summed E-state index contributed by atoms with van der Waals surface area (Å²) in [4.78, 5) is 23.0. The summed E-state index contributed by atoms with van der Waals surface area (Å²) in [6, 6.07) is 13.2. The molecule has 0 saturated heterocycles. The first-order valence-corrected chi connectivity index (χ1v) is 9.80. The molecule has 2 rings (SSSR count). The van der Waals surface area contributed by atoms with Gasteiger partial charge in [0.05, 0.1) is 5.56 Å². The molecular weight excluding hydrogens is 477 g/mol. The molecule has 2 aromatic carbocycles. The number of alkyl halides is 3. The van der Waals surface area contributed by atoms with E-state index in [1.165, 1.54) is 12.1 Å². The monoisotopic (exact) mass is 503 g/mol. The lowest BCUT2D eigenvalue weighted by Gasteiger charge is -2.20. The van der Waals surface area contributed by atoms with Crippen LogP contribution in [0.5, 0.6) is 0 Å². The molecule has 0 saturated carbocycles. The second-order valence-electron chi connectivity index (χ2n) is 7.16. The summed E-state index contributed by atoms with van der Waals surface area (Å²) >= 11 is 0. The van der Waals surface area contributed by atoms with Gasteiger partial charge in [0.15, 0.2) is 0 Å². The molecule has 0 spiro atoms. The lowest BCUT2D eigenvalue weighted by atomic mass is 10.0. The number of benzene rings is 2. The molecule has 35 heavy (non-hydrogen) atoms. The minimum Gasteiger partial charge on any atom is -0.475 e. The number of nitrogens with zero attached hydrogens (tertiary/aromatic N) is 1. The highest BCUT2D eigenvalue weighted by Crippen LogP contribution is 2.15. The van der Waals surface area contributed by atoms with Crippen LogP contribution < -0.4 is 5.32 Å². The number of carbonyl (C=O) groups excluding carboxylic acids is 1. The van der Waals surface area contributed by atoms with E-state index in [-0.39, 0.29) is 11.6 Å². The topological polar surface area (TPSA) is 154 Å². The number of hydrogen-bond acceptors (Lipinski definition) is 7. The lowest BCUT2D eigenvalue weighted by Crippen LogP contribution is -2.27. The van der Waals surface area contributed by atoms with E-state index in [1.54, 1.807) is 36.4 Å². The molecule has 9 nitrogen and oxygen atoms in total. The van der Waals surface area contributed by atoms with Gasteiger partial charge in [-0.15, -0.1) is 0 Å². The number of carboxylic acids is 1. The van der Waals surface area contributed by atoms with Crippen LogP contribution in [0.3, 0.4) is 0 Å². The number of nitrogens with one attached hydrogen (secondary N) is 2.